The van der Waals surface area contributed by atoms with Crippen molar-refractivity contribution in [2.45, 2.75) is 37.1 Å². The lowest BCUT2D eigenvalue weighted by molar-refractivity contribution is 0.268. The molecule has 1 aliphatic rings. The fraction of sp³-hybridized carbons (Fsp3) is 0.375. The molecule has 0 radical (unpaired) electrons. The smallest absolute Gasteiger partial charge is 0.243 e. The van der Waals surface area contributed by atoms with Crippen LogP contribution in [0.1, 0.15) is 32.0 Å². The van der Waals surface area contributed by atoms with Crippen molar-refractivity contribution in [2.24, 2.45) is 0 Å². The lowest BCUT2D eigenvalue weighted by Crippen LogP contribution is -2.41. The van der Waals surface area contributed by atoms with Crippen molar-refractivity contribution < 1.29 is 8.42 Å². The van der Waals surface area contributed by atoms with Gasteiger partial charge < -0.3 is 5.32 Å². The van der Waals surface area contributed by atoms with Crippen molar-refractivity contribution in [1.29, 1.82) is 5.26 Å². The topological polar surface area (TPSA) is 128 Å². The number of aromatic nitrogens is 4. The summed E-state index contributed by atoms with van der Waals surface area (Å²) in [6.07, 6.45) is 4.28. The normalized spacial score (nSPS) is 19.1. The summed E-state index contributed by atoms with van der Waals surface area (Å²) in [5.41, 5.74) is 0.851. The van der Waals surface area contributed by atoms with Crippen molar-refractivity contribution in [3.63, 3.8) is 0 Å². The Morgan fingerprint density at radius 3 is 2.77 bits per heavy atom. The fourth-order valence-electron chi connectivity index (χ4n) is 2.87. The Labute approximate surface area is 151 Å². The standard InChI is InChI=1S/C16H19N7O2S/c1-12-4-2-3-9-23(12)26(24,25)15-7-5-14(6-8-15)18-11-13(10-17)16-19-21-22-20-16/h5-8,11-12,18H,2-4,9H2,1H3,(H,19,20,21,22). The zero-order valence-electron chi connectivity index (χ0n) is 14.3. The van der Waals surface area contributed by atoms with Crippen LogP contribution in [0.15, 0.2) is 35.4 Å². The number of nitriles is 1. The fourth-order valence-corrected chi connectivity index (χ4v) is 4.57. The summed E-state index contributed by atoms with van der Waals surface area (Å²) >= 11 is 0. The summed E-state index contributed by atoms with van der Waals surface area (Å²) < 4.78 is 27.2. The van der Waals surface area contributed by atoms with E-state index in [1.54, 1.807) is 28.6 Å². The number of benzene rings is 1. The van der Waals surface area contributed by atoms with Crippen LogP contribution < -0.4 is 5.32 Å². The molecule has 0 spiro atoms. The Kier molecular flexibility index (Phi) is 5.29. The summed E-state index contributed by atoms with van der Waals surface area (Å²) in [5, 5.41) is 25.2. The molecule has 26 heavy (non-hydrogen) atoms. The first kappa shape index (κ1) is 18.0. The van der Waals surface area contributed by atoms with E-state index in [1.807, 2.05) is 13.0 Å². The summed E-state index contributed by atoms with van der Waals surface area (Å²) in [6.45, 7) is 2.50. The molecule has 3 rings (SSSR count). The van der Waals surface area contributed by atoms with Crippen LogP contribution >= 0.6 is 0 Å². The number of nitrogens with zero attached hydrogens (tertiary/aromatic N) is 5. The number of rotatable bonds is 5. The molecule has 0 bridgehead atoms. The van der Waals surface area contributed by atoms with Gasteiger partial charge in [-0.15, -0.1) is 10.2 Å². The van der Waals surface area contributed by atoms with Gasteiger partial charge in [-0.1, -0.05) is 6.42 Å². The van der Waals surface area contributed by atoms with E-state index in [2.05, 4.69) is 25.9 Å². The van der Waals surface area contributed by atoms with Gasteiger partial charge in [0, 0.05) is 24.5 Å². The molecule has 1 atom stereocenters. The average molecular weight is 373 g/mol. The first-order valence-electron chi connectivity index (χ1n) is 8.25. The Morgan fingerprint density at radius 1 is 1.38 bits per heavy atom. The van der Waals surface area contributed by atoms with Crippen molar-refractivity contribution in [1.82, 2.24) is 24.9 Å². The van der Waals surface area contributed by atoms with Gasteiger partial charge in [-0.05, 0) is 49.2 Å². The Balaban J connectivity index is 1.75. The van der Waals surface area contributed by atoms with Crippen molar-refractivity contribution >= 4 is 21.3 Å². The summed E-state index contributed by atoms with van der Waals surface area (Å²) in [6, 6.07) is 8.42. The molecule has 10 heteroatoms. The third kappa shape index (κ3) is 3.74. The van der Waals surface area contributed by atoms with Gasteiger partial charge in [0.1, 0.15) is 11.6 Å². The lowest BCUT2D eigenvalue weighted by Gasteiger charge is -2.32. The molecule has 9 nitrogen and oxygen atoms in total. The molecule has 136 valence electrons. The molecule has 2 heterocycles. The highest BCUT2D eigenvalue weighted by Gasteiger charge is 2.30. The van der Waals surface area contributed by atoms with E-state index < -0.39 is 10.0 Å². The van der Waals surface area contributed by atoms with Crippen LogP contribution in [0, 0.1) is 11.3 Å². The molecule has 2 N–H and O–H groups in total. The van der Waals surface area contributed by atoms with Gasteiger partial charge in [0.05, 0.1) is 4.90 Å². The Morgan fingerprint density at radius 2 is 2.15 bits per heavy atom. The molecule has 1 aromatic carbocycles. The minimum absolute atomic E-state index is 0.0163. The average Bonchev–Trinajstić information content (AvgIpc) is 3.17. The number of hydrogen-bond acceptors (Lipinski definition) is 7. The van der Waals surface area contributed by atoms with Gasteiger partial charge in [-0.2, -0.15) is 14.8 Å². The van der Waals surface area contributed by atoms with E-state index in [0.29, 0.717) is 12.2 Å². The second-order valence-electron chi connectivity index (χ2n) is 6.03. The maximum atomic E-state index is 12.8. The quantitative estimate of drug-likeness (QED) is 0.764. The molecule has 0 aliphatic carbocycles. The molecule has 1 fully saturated rings. The SMILES string of the molecule is CC1CCCCN1S(=O)(=O)c1ccc(NC=C(C#N)c2nn[nH]n2)cc1. The van der Waals surface area contributed by atoms with E-state index >= 15 is 0 Å². The number of nitrogens with one attached hydrogen (secondary N) is 2. The molecule has 0 amide bonds. The van der Waals surface area contributed by atoms with Crippen LogP contribution in [0.4, 0.5) is 5.69 Å². The van der Waals surface area contributed by atoms with E-state index in [4.69, 9.17) is 5.26 Å². The van der Waals surface area contributed by atoms with Crippen molar-refractivity contribution in [3.05, 3.63) is 36.3 Å². The highest BCUT2D eigenvalue weighted by atomic mass is 32.2. The van der Waals surface area contributed by atoms with E-state index in [1.165, 1.54) is 6.20 Å². The van der Waals surface area contributed by atoms with Crippen LogP contribution in [0.25, 0.3) is 5.57 Å². The van der Waals surface area contributed by atoms with Gasteiger partial charge in [0.2, 0.25) is 15.8 Å². The van der Waals surface area contributed by atoms with Crippen LogP contribution in [-0.2, 0) is 10.0 Å². The lowest BCUT2D eigenvalue weighted by atomic mass is 10.1. The largest absolute Gasteiger partial charge is 0.360 e. The molecule has 1 saturated heterocycles. The zero-order chi connectivity index (χ0) is 18.6. The Bertz CT molecular complexity index is 915. The summed E-state index contributed by atoms with van der Waals surface area (Å²) in [5.74, 6) is 0.179. The molecule has 1 aromatic heterocycles. The Hall–Kier alpha value is -2.77. The number of tetrazole rings is 1. The van der Waals surface area contributed by atoms with Gasteiger partial charge in [-0.3, -0.25) is 0 Å². The number of anilines is 1. The molecular weight excluding hydrogens is 354 g/mol. The third-order valence-corrected chi connectivity index (χ3v) is 6.32. The van der Waals surface area contributed by atoms with Crippen LogP contribution in [0.5, 0.6) is 0 Å². The zero-order valence-corrected chi connectivity index (χ0v) is 15.1. The maximum absolute atomic E-state index is 12.8. The predicted octanol–water partition coefficient (Wildman–Crippen LogP) is 1.74. The van der Waals surface area contributed by atoms with E-state index in [0.717, 1.165) is 19.3 Å². The first-order chi connectivity index (χ1) is 12.5. The van der Waals surface area contributed by atoms with Crippen LogP contribution in [-0.4, -0.2) is 45.9 Å². The molecule has 1 aliphatic heterocycles. The second-order valence-corrected chi connectivity index (χ2v) is 7.93. The number of sulfonamides is 1. The monoisotopic (exact) mass is 373 g/mol. The first-order valence-corrected chi connectivity index (χ1v) is 9.69. The van der Waals surface area contributed by atoms with E-state index in [-0.39, 0.29) is 22.3 Å². The number of piperidine rings is 1. The molecule has 1 unspecified atom stereocenters. The van der Waals surface area contributed by atoms with Gasteiger partial charge in [0.25, 0.3) is 0 Å². The number of hydrogen-bond donors (Lipinski definition) is 2. The highest BCUT2D eigenvalue weighted by Crippen LogP contribution is 2.26. The van der Waals surface area contributed by atoms with Crippen LogP contribution in [0.2, 0.25) is 0 Å². The van der Waals surface area contributed by atoms with Crippen molar-refractivity contribution in [2.75, 3.05) is 11.9 Å². The molecular formula is C16H19N7O2S. The second kappa shape index (κ2) is 7.63. The highest BCUT2D eigenvalue weighted by molar-refractivity contribution is 7.89. The third-order valence-electron chi connectivity index (χ3n) is 4.29. The summed E-state index contributed by atoms with van der Waals surface area (Å²) in [7, 11) is -3.49. The van der Waals surface area contributed by atoms with Gasteiger partial charge in [-0.25, -0.2) is 8.42 Å². The van der Waals surface area contributed by atoms with Crippen LogP contribution in [0.3, 0.4) is 0 Å². The molecule has 0 saturated carbocycles. The predicted molar refractivity (Wildman–Crippen MR) is 95.0 cm³/mol. The number of allylic oxidation sites excluding steroid dienone is 1. The minimum atomic E-state index is -3.49. The molecule has 2 aromatic rings. The minimum Gasteiger partial charge on any atom is -0.360 e. The number of aromatic amines is 1. The van der Waals surface area contributed by atoms with Gasteiger partial charge in [0.15, 0.2) is 0 Å². The summed E-state index contributed by atoms with van der Waals surface area (Å²) in [4.78, 5) is 0.263. The number of H-pyrrole nitrogens is 1. The van der Waals surface area contributed by atoms with E-state index in [9.17, 15) is 8.42 Å². The maximum Gasteiger partial charge on any atom is 0.243 e. The van der Waals surface area contributed by atoms with Crippen molar-refractivity contribution in [3.8, 4) is 6.07 Å². The van der Waals surface area contributed by atoms with Gasteiger partial charge >= 0.3 is 0 Å².